The summed E-state index contributed by atoms with van der Waals surface area (Å²) < 4.78 is 31.7. The van der Waals surface area contributed by atoms with Crippen molar-refractivity contribution in [1.82, 2.24) is 15.2 Å². The standard InChI is InChI=1S/C24H25N3O2.C2HF3O2/c1-2-17-3-5-18(6-4-17)22-16-26-13-14-27(22)24(29)20-9-7-19(8-10-20)23(28)21-11-12-25-15-21;3-2(4,5)1(6)7/h3-12,15,22,25-26H,2,13-14,16H2,1H3;(H,6,7). The lowest BCUT2D eigenvalue weighted by atomic mass is 9.99. The summed E-state index contributed by atoms with van der Waals surface area (Å²) in [6.07, 6.45) is -0.682. The number of hydrogen-bond acceptors (Lipinski definition) is 4. The molecule has 4 rings (SSSR count). The van der Waals surface area contributed by atoms with Crippen molar-refractivity contribution in [2.75, 3.05) is 19.6 Å². The first kappa shape index (κ1) is 26.7. The molecule has 1 amide bonds. The average Bonchev–Trinajstić information content (AvgIpc) is 3.43. The van der Waals surface area contributed by atoms with Gasteiger partial charge in [-0.2, -0.15) is 13.2 Å². The third-order valence-electron chi connectivity index (χ3n) is 5.77. The van der Waals surface area contributed by atoms with Gasteiger partial charge in [-0.1, -0.05) is 43.3 Å². The summed E-state index contributed by atoms with van der Waals surface area (Å²) in [5.41, 5.74) is 4.22. The first-order chi connectivity index (χ1) is 17.1. The van der Waals surface area contributed by atoms with Crippen LogP contribution in [0.1, 0.15) is 50.4 Å². The minimum Gasteiger partial charge on any atom is -0.475 e. The number of piperazine rings is 1. The van der Waals surface area contributed by atoms with E-state index >= 15 is 0 Å². The number of aliphatic carboxylic acids is 1. The van der Waals surface area contributed by atoms with E-state index < -0.39 is 12.1 Å². The average molecular weight is 502 g/mol. The largest absolute Gasteiger partial charge is 0.490 e. The molecule has 1 atom stereocenters. The zero-order valence-corrected chi connectivity index (χ0v) is 19.5. The number of rotatable bonds is 5. The van der Waals surface area contributed by atoms with E-state index in [2.05, 4.69) is 41.5 Å². The Morgan fingerprint density at radius 2 is 1.58 bits per heavy atom. The molecule has 1 aliphatic rings. The third kappa shape index (κ3) is 6.60. The Labute approximate surface area is 205 Å². The Hall–Kier alpha value is -3.92. The molecule has 0 bridgehead atoms. The number of aryl methyl sites for hydroxylation is 1. The molecule has 2 heterocycles. The van der Waals surface area contributed by atoms with Crippen LogP contribution >= 0.6 is 0 Å². The van der Waals surface area contributed by atoms with E-state index in [0.717, 1.165) is 25.1 Å². The zero-order chi connectivity index (χ0) is 26.3. The molecule has 3 aromatic rings. The van der Waals surface area contributed by atoms with Gasteiger partial charge in [0.15, 0.2) is 5.78 Å². The minimum absolute atomic E-state index is 0.00304. The predicted octanol–water partition coefficient (Wildman–Crippen LogP) is 4.23. The van der Waals surface area contributed by atoms with Crippen molar-refractivity contribution in [1.29, 1.82) is 0 Å². The minimum atomic E-state index is -5.08. The number of carboxylic acids is 1. The molecule has 0 radical (unpaired) electrons. The van der Waals surface area contributed by atoms with Crippen LogP contribution in [0.15, 0.2) is 67.0 Å². The Morgan fingerprint density at radius 3 is 2.11 bits per heavy atom. The molecule has 10 heteroatoms. The molecule has 1 aromatic heterocycles. The van der Waals surface area contributed by atoms with Gasteiger partial charge in [0.1, 0.15) is 0 Å². The van der Waals surface area contributed by atoms with Crippen molar-refractivity contribution in [2.24, 2.45) is 0 Å². The fourth-order valence-corrected chi connectivity index (χ4v) is 3.78. The number of ketones is 1. The van der Waals surface area contributed by atoms with E-state index in [4.69, 9.17) is 9.90 Å². The molecule has 7 nitrogen and oxygen atoms in total. The van der Waals surface area contributed by atoms with Crippen molar-refractivity contribution in [3.05, 3.63) is 94.8 Å². The summed E-state index contributed by atoms with van der Waals surface area (Å²) in [6.45, 7) is 4.31. The molecule has 190 valence electrons. The number of benzene rings is 2. The van der Waals surface area contributed by atoms with Crippen molar-refractivity contribution in [3.8, 4) is 0 Å². The number of halogens is 3. The number of aromatic nitrogens is 1. The molecule has 2 aromatic carbocycles. The van der Waals surface area contributed by atoms with Gasteiger partial charge in [0.05, 0.1) is 6.04 Å². The predicted molar refractivity (Wildman–Crippen MR) is 127 cm³/mol. The van der Waals surface area contributed by atoms with Gasteiger partial charge in [-0.3, -0.25) is 9.59 Å². The van der Waals surface area contributed by atoms with Gasteiger partial charge < -0.3 is 20.3 Å². The van der Waals surface area contributed by atoms with Crippen molar-refractivity contribution < 1.29 is 32.7 Å². The van der Waals surface area contributed by atoms with Crippen LogP contribution in [0.3, 0.4) is 0 Å². The van der Waals surface area contributed by atoms with Crippen molar-refractivity contribution >= 4 is 17.7 Å². The van der Waals surface area contributed by atoms with Crippen LogP contribution in [0.25, 0.3) is 0 Å². The van der Waals surface area contributed by atoms with Crippen molar-refractivity contribution in [2.45, 2.75) is 25.6 Å². The van der Waals surface area contributed by atoms with Crippen LogP contribution in [0.2, 0.25) is 0 Å². The lowest BCUT2D eigenvalue weighted by molar-refractivity contribution is -0.192. The van der Waals surface area contributed by atoms with E-state index in [1.165, 1.54) is 5.56 Å². The molecule has 1 aliphatic heterocycles. The van der Waals surface area contributed by atoms with E-state index in [-0.39, 0.29) is 17.7 Å². The molecule has 0 aliphatic carbocycles. The number of nitrogens with one attached hydrogen (secondary N) is 2. The number of amides is 1. The first-order valence-corrected chi connectivity index (χ1v) is 11.3. The van der Waals surface area contributed by atoms with Gasteiger partial charge in [0.2, 0.25) is 0 Å². The van der Waals surface area contributed by atoms with E-state index in [1.807, 2.05) is 4.90 Å². The number of carbonyl (C=O) groups is 3. The lowest BCUT2D eigenvalue weighted by Gasteiger charge is -2.36. The Balaban J connectivity index is 0.000000454. The van der Waals surface area contributed by atoms with Crippen molar-refractivity contribution in [3.63, 3.8) is 0 Å². The quantitative estimate of drug-likeness (QED) is 0.454. The molecular weight excluding hydrogens is 475 g/mol. The van der Waals surface area contributed by atoms with Crippen LogP contribution in [0, 0.1) is 0 Å². The monoisotopic (exact) mass is 501 g/mol. The number of alkyl halides is 3. The summed E-state index contributed by atoms with van der Waals surface area (Å²) in [4.78, 5) is 39.4. The summed E-state index contributed by atoms with van der Waals surface area (Å²) in [6, 6.07) is 17.2. The molecular formula is C26H26F3N3O4. The highest BCUT2D eigenvalue weighted by Gasteiger charge is 2.38. The Morgan fingerprint density at radius 1 is 0.972 bits per heavy atom. The molecule has 1 saturated heterocycles. The second kappa shape index (κ2) is 11.7. The highest BCUT2D eigenvalue weighted by molar-refractivity contribution is 6.09. The van der Waals surface area contributed by atoms with Gasteiger partial charge in [0, 0.05) is 48.7 Å². The number of aromatic amines is 1. The van der Waals surface area contributed by atoms with E-state index in [1.54, 1.807) is 42.7 Å². The lowest BCUT2D eigenvalue weighted by Crippen LogP contribution is -2.48. The maximum atomic E-state index is 13.2. The number of H-pyrrole nitrogens is 1. The summed E-state index contributed by atoms with van der Waals surface area (Å²) >= 11 is 0. The van der Waals surface area contributed by atoms with Crippen LogP contribution < -0.4 is 5.32 Å². The highest BCUT2D eigenvalue weighted by Crippen LogP contribution is 2.25. The third-order valence-corrected chi connectivity index (χ3v) is 5.77. The van der Waals surface area contributed by atoms with Crippen LogP contribution in [0.5, 0.6) is 0 Å². The molecule has 3 N–H and O–H groups in total. The second-order valence-electron chi connectivity index (χ2n) is 8.12. The van der Waals surface area contributed by atoms with Crippen LogP contribution in [-0.2, 0) is 11.2 Å². The molecule has 1 fully saturated rings. The van der Waals surface area contributed by atoms with E-state index in [9.17, 15) is 22.8 Å². The van der Waals surface area contributed by atoms with Gasteiger partial charge in [-0.25, -0.2) is 4.79 Å². The maximum Gasteiger partial charge on any atom is 0.490 e. The maximum absolute atomic E-state index is 13.2. The number of carbonyl (C=O) groups excluding carboxylic acids is 2. The van der Waals surface area contributed by atoms with Gasteiger partial charge >= 0.3 is 12.1 Å². The summed E-state index contributed by atoms with van der Waals surface area (Å²) in [7, 11) is 0. The smallest absolute Gasteiger partial charge is 0.475 e. The number of carboxylic acid groups (broad SMARTS) is 1. The summed E-state index contributed by atoms with van der Waals surface area (Å²) in [5.74, 6) is -2.81. The number of nitrogens with zero attached hydrogens (tertiary/aromatic N) is 1. The topological polar surface area (TPSA) is 103 Å². The first-order valence-electron chi connectivity index (χ1n) is 11.3. The molecule has 0 saturated carbocycles. The van der Waals surface area contributed by atoms with Gasteiger partial charge in [-0.15, -0.1) is 0 Å². The fraction of sp³-hybridized carbons (Fsp3) is 0.269. The SMILES string of the molecule is CCc1ccc(C2CNCCN2C(=O)c2ccc(C(=O)c3cc[nH]c3)cc2)cc1.O=C(O)C(F)(F)F. The van der Waals surface area contributed by atoms with Gasteiger partial charge in [-0.05, 0) is 35.7 Å². The summed E-state index contributed by atoms with van der Waals surface area (Å²) in [5, 5.41) is 10.5. The highest BCUT2D eigenvalue weighted by atomic mass is 19.4. The Bertz CT molecular complexity index is 1170. The van der Waals surface area contributed by atoms with Crippen LogP contribution in [-0.4, -0.2) is 58.5 Å². The molecule has 36 heavy (non-hydrogen) atoms. The number of hydrogen-bond donors (Lipinski definition) is 3. The molecule has 1 unspecified atom stereocenters. The van der Waals surface area contributed by atoms with E-state index in [0.29, 0.717) is 23.2 Å². The normalized spacial score (nSPS) is 15.6. The second-order valence-corrected chi connectivity index (χ2v) is 8.12. The molecule has 0 spiro atoms. The zero-order valence-electron chi connectivity index (χ0n) is 19.5. The fourth-order valence-electron chi connectivity index (χ4n) is 3.78. The van der Waals surface area contributed by atoms with Gasteiger partial charge in [0.25, 0.3) is 5.91 Å². The van der Waals surface area contributed by atoms with Crippen LogP contribution in [0.4, 0.5) is 13.2 Å². The Kier molecular flexibility index (Phi) is 8.65.